The van der Waals surface area contributed by atoms with Crippen molar-refractivity contribution < 1.29 is 9.85 Å². The minimum atomic E-state index is -0.876. The summed E-state index contributed by atoms with van der Waals surface area (Å²) >= 11 is 0. The number of hydrogen-bond donors (Lipinski definition) is 0. The molecule has 80 valence electrons. The topological polar surface area (TPSA) is 117 Å². The molecule has 0 spiro atoms. The molecule has 1 aromatic heterocycles. The number of nitro groups is 2. The summed E-state index contributed by atoms with van der Waals surface area (Å²) in [6.45, 7) is 1.80. The maximum atomic E-state index is 10.5. The van der Waals surface area contributed by atoms with Gasteiger partial charge in [0.25, 0.3) is 0 Å². The molecule has 1 aromatic rings. The Balaban J connectivity index is 3.11. The molecule has 0 aromatic carbocycles. The predicted octanol–water partition coefficient (Wildman–Crippen LogP) is 0.671. The molecule has 0 saturated heterocycles. The molecule has 0 aliphatic carbocycles. The third-order valence-electron chi connectivity index (χ3n) is 1.48. The lowest BCUT2D eigenvalue weighted by atomic mass is 10.5. The van der Waals surface area contributed by atoms with E-state index in [1.54, 1.807) is 19.1 Å². The molecular formula is C6H7N5O4. The monoisotopic (exact) mass is 213 g/mol. The van der Waals surface area contributed by atoms with Crippen molar-refractivity contribution in [3.8, 4) is 0 Å². The van der Waals surface area contributed by atoms with Crippen LogP contribution < -0.4 is 0 Å². The van der Waals surface area contributed by atoms with Gasteiger partial charge in [-0.1, -0.05) is 16.8 Å². The van der Waals surface area contributed by atoms with Crippen molar-refractivity contribution in [1.82, 2.24) is 14.8 Å². The molecule has 1 rings (SSSR count). The Morgan fingerprint density at radius 3 is 2.53 bits per heavy atom. The summed E-state index contributed by atoms with van der Waals surface area (Å²) in [4.78, 5) is 22.2. The van der Waals surface area contributed by atoms with Crippen LogP contribution >= 0.6 is 0 Å². The van der Waals surface area contributed by atoms with Crippen molar-refractivity contribution in [1.29, 1.82) is 0 Å². The predicted molar refractivity (Wildman–Crippen MR) is 48.1 cm³/mol. The molecule has 0 N–H and O–H groups in total. The van der Waals surface area contributed by atoms with Crippen molar-refractivity contribution >= 4 is 11.9 Å². The Morgan fingerprint density at radius 1 is 1.40 bits per heavy atom. The fourth-order valence-electron chi connectivity index (χ4n) is 0.862. The van der Waals surface area contributed by atoms with Crippen LogP contribution in [-0.2, 0) is 6.54 Å². The molecule has 0 unspecified atom stereocenters. The minimum Gasteiger partial charge on any atom is -0.390 e. The summed E-state index contributed by atoms with van der Waals surface area (Å²) in [5.41, 5.74) is 0. The van der Waals surface area contributed by atoms with Crippen LogP contribution in [0.1, 0.15) is 6.92 Å². The first-order valence-corrected chi connectivity index (χ1v) is 3.91. The smallest absolute Gasteiger partial charge is 0.390 e. The Bertz CT molecular complexity index is 423. The second-order valence-corrected chi connectivity index (χ2v) is 2.48. The molecule has 0 saturated carbocycles. The third kappa shape index (κ3) is 2.33. The van der Waals surface area contributed by atoms with Crippen molar-refractivity contribution in [2.45, 2.75) is 13.5 Å². The van der Waals surface area contributed by atoms with Gasteiger partial charge in [0.05, 0.1) is 5.10 Å². The van der Waals surface area contributed by atoms with E-state index in [0.29, 0.717) is 0 Å². The quantitative estimate of drug-likeness (QED) is 0.412. The van der Waals surface area contributed by atoms with Gasteiger partial charge in [-0.25, -0.2) is 0 Å². The molecule has 15 heavy (non-hydrogen) atoms. The van der Waals surface area contributed by atoms with Crippen molar-refractivity contribution in [2.24, 2.45) is 0 Å². The molecule has 0 atom stereocenters. The Morgan fingerprint density at radius 2 is 2.07 bits per heavy atom. The molecule has 0 bridgehead atoms. The zero-order valence-electron chi connectivity index (χ0n) is 7.73. The fourth-order valence-corrected chi connectivity index (χ4v) is 0.862. The molecule has 9 heteroatoms. The Kier molecular flexibility index (Phi) is 3.06. The Hall–Kier alpha value is -2.32. The van der Waals surface area contributed by atoms with E-state index < -0.39 is 21.7 Å². The van der Waals surface area contributed by atoms with E-state index in [1.165, 1.54) is 0 Å². The zero-order chi connectivity index (χ0) is 11.4. The fraction of sp³-hybridized carbons (Fsp3) is 0.333. The van der Waals surface area contributed by atoms with Gasteiger partial charge in [-0.15, -0.1) is 0 Å². The number of rotatable bonds is 4. The highest BCUT2D eigenvalue weighted by Crippen LogP contribution is 2.12. The van der Waals surface area contributed by atoms with Crippen molar-refractivity contribution in [3.63, 3.8) is 0 Å². The molecule has 0 amide bonds. The van der Waals surface area contributed by atoms with Crippen LogP contribution in [0, 0.1) is 20.2 Å². The van der Waals surface area contributed by atoms with E-state index in [2.05, 4.69) is 10.1 Å². The molecule has 1 heterocycles. The summed E-state index contributed by atoms with van der Waals surface area (Å²) in [6.07, 6.45) is 3.22. The summed E-state index contributed by atoms with van der Waals surface area (Å²) in [6, 6.07) is 0. The maximum Gasteiger partial charge on any atom is 0.508 e. The minimum absolute atomic E-state index is 0.0770. The van der Waals surface area contributed by atoms with Crippen molar-refractivity contribution in [2.75, 3.05) is 0 Å². The number of allylic oxidation sites excluding steroid dienone is 2. The molecule has 0 aliphatic rings. The van der Waals surface area contributed by atoms with Crippen LogP contribution in [0.4, 0.5) is 11.9 Å². The van der Waals surface area contributed by atoms with Gasteiger partial charge in [0.1, 0.15) is 6.54 Å². The Labute approximate surface area is 83.3 Å². The molecule has 0 fully saturated rings. The van der Waals surface area contributed by atoms with Crippen LogP contribution in [0.25, 0.3) is 0 Å². The van der Waals surface area contributed by atoms with Gasteiger partial charge in [-0.3, -0.25) is 0 Å². The SMILES string of the molecule is C/C=C/Cn1nc([N+](=O)[O-])nc1[N+](=O)[O-]. The highest BCUT2D eigenvalue weighted by molar-refractivity contribution is 5.14. The normalized spacial score (nSPS) is 10.7. The molecule has 9 nitrogen and oxygen atoms in total. The average Bonchev–Trinajstić information content (AvgIpc) is 2.58. The average molecular weight is 213 g/mol. The summed E-state index contributed by atoms with van der Waals surface area (Å²) in [5, 5.41) is 24.1. The van der Waals surface area contributed by atoms with Crippen LogP contribution in [0.3, 0.4) is 0 Å². The number of nitrogens with zero attached hydrogens (tertiary/aromatic N) is 5. The first-order chi connectivity index (χ1) is 7.06. The van der Waals surface area contributed by atoms with Gasteiger partial charge >= 0.3 is 11.9 Å². The van der Waals surface area contributed by atoms with E-state index in [9.17, 15) is 20.2 Å². The van der Waals surface area contributed by atoms with Crippen LogP contribution in [-0.4, -0.2) is 24.6 Å². The van der Waals surface area contributed by atoms with Gasteiger partial charge in [0.2, 0.25) is 0 Å². The highest BCUT2D eigenvalue weighted by Gasteiger charge is 2.27. The maximum absolute atomic E-state index is 10.5. The first kappa shape index (κ1) is 10.8. The van der Waals surface area contributed by atoms with Crippen LogP contribution in [0.2, 0.25) is 0 Å². The van der Waals surface area contributed by atoms with Gasteiger partial charge in [-0.05, 0) is 16.8 Å². The molecule has 0 aliphatic heterocycles. The van der Waals surface area contributed by atoms with Crippen LogP contribution in [0.15, 0.2) is 12.2 Å². The van der Waals surface area contributed by atoms with E-state index >= 15 is 0 Å². The lowest BCUT2D eigenvalue weighted by Crippen LogP contribution is -2.03. The second kappa shape index (κ2) is 4.26. The summed E-state index contributed by atoms with van der Waals surface area (Å²) < 4.78 is 0.859. The lowest BCUT2D eigenvalue weighted by Gasteiger charge is -1.90. The standard InChI is InChI=1S/C6H7N5O4/c1-2-3-4-9-6(11(14)15)7-5(8-9)10(12)13/h2-3H,4H2,1H3/b3-2+. The van der Waals surface area contributed by atoms with Gasteiger partial charge in [0.15, 0.2) is 0 Å². The van der Waals surface area contributed by atoms with Crippen molar-refractivity contribution in [3.05, 3.63) is 32.4 Å². The van der Waals surface area contributed by atoms with Crippen LogP contribution in [0.5, 0.6) is 0 Å². The van der Waals surface area contributed by atoms with E-state index in [1.807, 2.05) is 0 Å². The largest absolute Gasteiger partial charge is 0.508 e. The van der Waals surface area contributed by atoms with E-state index in [-0.39, 0.29) is 6.54 Å². The molecular weight excluding hydrogens is 206 g/mol. The lowest BCUT2D eigenvalue weighted by molar-refractivity contribution is -0.403. The first-order valence-electron chi connectivity index (χ1n) is 3.91. The summed E-state index contributed by atoms with van der Waals surface area (Å²) in [7, 11) is 0. The van der Waals surface area contributed by atoms with E-state index in [4.69, 9.17) is 0 Å². The van der Waals surface area contributed by atoms with E-state index in [0.717, 1.165) is 4.68 Å². The highest BCUT2D eigenvalue weighted by atomic mass is 16.6. The van der Waals surface area contributed by atoms with Gasteiger partial charge in [0, 0.05) is 4.98 Å². The molecule has 0 radical (unpaired) electrons. The van der Waals surface area contributed by atoms with Gasteiger partial charge < -0.3 is 20.2 Å². The number of aromatic nitrogens is 3. The summed E-state index contributed by atoms with van der Waals surface area (Å²) in [5.74, 6) is -1.41. The van der Waals surface area contributed by atoms with Gasteiger partial charge in [-0.2, -0.15) is 0 Å². The second-order valence-electron chi connectivity index (χ2n) is 2.48. The third-order valence-corrected chi connectivity index (χ3v) is 1.48. The number of hydrogen-bond acceptors (Lipinski definition) is 6. The zero-order valence-corrected chi connectivity index (χ0v) is 7.73.